The van der Waals surface area contributed by atoms with Crippen LogP contribution in [0.4, 0.5) is 0 Å². The molecule has 0 saturated carbocycles. The third-order valence-electron chi connectivity index (χ3n) is 2.53. The topological polar surface area (TPSA) is 29.5 Å². The zero-order chi connectivity index (χ0) is 13.0. The van der Waals surface area contributed by atoms with E-state index in [9.17, 15) is 5.11 Å². The van der Waals surface area contributed by atoms with Crippen molar-refractivity contribution in [3.8, 4) is 5.75 Å². The molecule has 0 fully saturated rings. The molecule has 0 radical (unpaired) electrons. The summed E-state index contributed by atoms with van der Waals surface area (Å²) in [5.41, 5.74) is 0.820. The van der Waals surface area contributed by atoms with E-state index in [4.69, 9.17) is 4.74 Å². The van der Waals surface area contributed by atoms with Gasteiger partial charge in [0.05, 0.1) is 6.61 Å². The number of thiophene rings is 1. The fraction of sp³-hybridized carbons (Fsp3) is 0.286. The van der Waals surface area contributed by atoms with Gasteiger partial charge in [0.15, 0.2) is 0 Å². The van der Waals surface area contributed by atoms with Crippen molar-refractivity contribution in [2.24, 2.45) is 0 Å². The summed E-state index contributed by atoms with van der Waals surface area (Å²) in [6.07, 6.45) is 0.323. The first-order valence-corrected chi connectivity index (χ1v) is 7.53. The van der Waals surface area contributed by atoms with Crippen LogP contribution in [-0.4, -0.2) is 11.7 Å². The highest BCUT2D eigenvalue weighted by atomic mass is 79.9. The second-order valence-electron chi connectivity index (χ2n) is 3.96. The van der Waals surface area contributed by atoms with Gasteiger partial charge in [-0.2, -0.15) is 0 Å². The molecule has 0 saturated heterocycles. The quantitative estimate of drug-likeness (QED) is 0.883. The number of rotatable bonds is 5. The van der Waals surface area contributed by atoms with Gasteiger partial charge in [-0.05, 0) is 34.5 Å². The maximum atomic E-state index is 10.4. The van der Waals surface area contributed by atoms with Crippen LogP contribution in [0.2, 0.25) is 0 Å². The van der Waals surface area contributed by atoms with E-state index in [0.29, 0.717) is 6.61 Å². The summed E-state index contributed by atoms with van der Waals surface area (Å²) in [7, 11) is 0. The van der Waals surface area contributed by atoms with Crippen molar-refractivity contribution in [3.63, 3.8) is 0 Å². The van der Waals surface area contributed by atoms with E-state index in [-0.39, 0.29) is 0 Å². The summed E-state index contributed by atoms with van der Waals surface area (Å²) in [6, 6.07) is 9.58. The van der Waals surface area contributed by atoms with Gasteiger partial charge < -0.3 is 9.84 Å². The van der Waals surface area contributed by atoms with Crippen LogP contribution in [0.25, 0.3) is 0 Å². The number of aliphatic hydroxyl groups is 1. The van der Waals surface area contributed by atoms with Gasteiger partial charge in [0.2, 0.25) is 0 Å². The second kappa shape index (κ2) is 6.36. The van der Waals surface area contributed by atoms with Crippen molar-refractivity contribution in [3.05, 3.63) is 50.6 Å². The molecule has 0 amide bonds. The van der Waals surface area contributed by atoms with Crippen LogP contribution >= 0.6 is 27.3 Å². The molecule has 0 spiro atoms. The maximum Gasteiger partial charge on any atom is 0.125 e. The van der Waals surface area contributed by atoms with Gasteiger partial charge in [0.25, 0.3) is 0 Å². The minimum Gasteiger partial charge on any atom is -0.493 e. The summed E-state index contributed by atoms with van der Waals surface area (Å²) in [4.78, 5) is 0.912. The molecule has 1 heterocycles. The minimum atomic E-state index is -0.630. The molecule has 18 heavy (non-hydrogen) atoms. The Morgan fingerprint density at radius 2 is 2.17 bits per heavy atom. The molecule has 2 rings (SSSR count). The zero-order valence-corrected chi connectivity index (χ0v) is 12.5. The van der Waals surface area contributed by atoms with Crippen molar-refractivity contribution >= 4 is 27.3 Å². The summed E-state index contributed by atoms with van der Waals surface area (Å²) in [5.74, 6) is 0.761. The minimum absolute atomic E-state index is 0.630. The molecule has 2 aromatic rings. The molecule has 2 nitrogen and oxygen atoms in total. The number of halogens is 1. The molecule has 1 aromatic heterocycles. The van der Waals surface area contributed by atoms with Crippen LogP contribution in [-0.2, 0) is 0 Å². The van der Waals surface area contributed by atoms with Gasteiger partial charge in [-0.3, -0.25) is 0 Å². The van der Waals surface area contributed by atoms with Gasteiger partial charge in [-0.1, -0.05) is 25.1 Å². The first kappa shape index (κ1) is 13.6. The Labute approximate surface area is 119 Å². The SMILES string of the molecule is CCCOc1ccccc1C(O)c1cc(Br)cs1. The molecule has 96 valence electrons. The van der Waals surface area contributed by atoms with E-state index in [1.165, 1.54) is 11.3 Å². The van der Waals surface area contributed by atoms with Crippen LogP contribution in [0, 0.1) is 0 Å². The third kappa shape index (κ3) is 3.13. The van der Waals surface area contributed by atoms with Crippen molar-refractivity contribution in [1.82, 2.24) is 0 Å². The monoisotopic (exact) mass is 326 g/mol. The molecular weight excluding hydrogens is 312 g/mol. The predicted octanol–water partition coefficient (Wildman–Crippen LogP) is 4.38. The van der Waals surface area contributed by atoms with Crippen LogP contribution in [0.5, 0.6) is 5.75 Å². The van der Waals surface area contributed by atoms with Gasteiger partial charge in [-0.25, -0.2) is 0 Å². The highest BCUT2D eigenvalue weighted by molar-refractivity contribution is 9.10. The predicted molar refractivity (Wildman–Crippen MR) is 78.3 cm³/mol. The highest BCUT2D eigenvalue weighted by Crippen LogP contribution is 2.34. The Hall–Kier alpha value is -0.840. The normalized spacial score (nSPS) is 12.4. The van der Waals surface area contributed by atoms with Gasteiger partial charge in [0, 0.05) is 20.3 Å². The molecule has 1 N–H and O–H groups in total. The average Bonchev–Trinajstić information content (AvgIpc) is 2.82. The molecule has 4 heteroatoms. The van der Waals surface area contributed by atoms with E-state index in [2.05, 4.69) is 22.9 Å². The van der Waals surface area contributed by atoms with Crippen LogP contribution < -0.4 is 4.74 Å². The summed E-state index contributed by atoms with van der Waals surface area (Å²) >= 11 is 4.93. The average molecular weight is 327 g/mol. The molecule has 1 atom stereocenters. The smallest absolute Gasteiger partial charge is 0.125 e. The van der Waals surface area contributed by atoms with E-state index in [1.54, 1.807) is 0 Å². The van der Waals surface area contributed by atoms with E-state index < -0.39 is 6.10 Å². The zero-order valence-electron chi connectivity index (χ0n) is 10.1. The second-order valence-corrected chi connectivity index (χ2v) is 5.81. The maximum absolute atomic E-state index is 10.4. The molecule has 0 aliphatic heterocycles. The number of hydrogen-bond donors (Lipinski definition) is 1. The lowest BCUT2D eigenvalue weighted by Crippen LogP contribution is -2.03. The van der Waals surface area contributed by atoms with E-state index in [1.807, 2.05) is 35.7 Å². The summed E-state index contributed by atoms with van der Waals surface area (Å²) in [6.45, 7) is 2.73. The fourth-order valence-electron chi connectivity index (χ4n) is 1.67. The number of para-hydroxylation sites is 1. The lowest BCUT2D eigenvalue weighted by atomic mass is 10.1. The van der Waals surface area contributed by atoms with Crippen molar-refractivity contribution in [2.45, 2.75) is 19.4 Å². The Morgan fingerprint density at radius 3 is 2.83 bits per heavy atom. The highest BCUT2D eigenvalue weighted by Gasteiger charge is 2.16. The molecule has 1 unspecified atom stereocenters. The van der Waals surface area contributed by atoms with E-state index >= 15 is 0 Å². The third-order valence-corrected chi connectivity index (χ3v) is 4.28. The molecule has 0 aliphatic rings. The molecule has 1 aromatic carbocycles. The fourth-order valence-corrected chi connectivity index (χ4v) is 3.12. The van der Waals surface area contributed by atoms with Gasteiger partial charge in [-0.15, -0.1) is 11.3 Å². The molecular formula is C14H15BrO2S. The Morgan fingerprint density at radius 1 is 1.39 bits per heavy atom. The number of hydrogen-bond acceptors (Lipinski definition) is 3. The molecule has 0 bridgehead atoms. The van der Waals surface area contributed by atoms with Crippen molar-refractivity contribution < 1.29 is 9.84 Å². The Bertz CT molecular complexity index is 510. The lowest BCUT2D eigenvalue weighted by Gasteiger charge is -2.14. The van der Waals surface area contributed by atoms with Crippen molar-refractivity contribution in [1.29, 1.82) is 0 Å². The van der Waals surface area contributed by atoms with Crippen LogP contribution in [0.1, 0.15) is 29.9 Å². The first-order valence-electron chi connectivity index (χ1n) is 5.86. The lowest BCUT2D eigenvalue weighted by molar-refractivity contribution is 0.214. The Balaban J connectivity index is 2.26. The largest absolute Gasteiger partial charge is 0.493 e. The van der Waals surface area contributed by atoms with Gasteiger partial charge in [0.1, 0.15) is 11.9 Å². The molecule has 0 aliphatic carbocycles. The number of aliphatic hydroxyl groups excluding tert-OH is 1. The van der Waals surface area contributed by atoms with Gasteiger partial charge >= 0.3 is 0 Å². The summed E-state index contributed by atoms with van der Waals surface area (Å²) in [5, 5.41) is 12.4. The Kier molecular flexibility index (Phi) is 4.80. The summed E-state index contributed by atoms with van der Waals surface area (Å²) < 4.78 is 6.66. The van der Waals surface area contributed by atoms with E-state index in [0.717, 1.165) is 27.1 Å². The number of ether oxygens (including phenoxy) is 1. The van der Waals surface area contributed by atoms with Crippen LogP contribution in [0.3, 0.4) is 0 Å². The van der Waals surface area contributed by atoms with Crippen molar-refractivity contribution in [2.75, 3.05) is 6.61 Å². The first-order chi connectivity index (χ1) is 8.72. The van der Waals surface area contributed by atoms with Crippen LogP contribution in [0.15, 0.2) is 40.2 Å². The number of benzene rings is 1. The standard InChI is InChI=1S/C14H15BrO2S/c1-2-7-17-12-6-4-3-5-11(12)14(16)13-8-10(15)9-18-13/h3-6,8-9,14,16H,2,7H2,1H3.